The van der Waals surface area contributed by atoms with Gasteiger partial charge in [-0.15, -0.1) is 0 Å². The number of aryl methyl sites for hydroxylation is 2. The molecule has 3 rings (SSSR count). The molecule has 1 aromatic rings. The molecule has 0 amide bonds. The van der Waals surface area contributed by atoms with Crippen LogP contribution in [0.4, 0.5) is 0 Å². The lowest BCUT2D eigenvalue weighted by Gasteiger charge is -2.25. The number of nitrogens with two attached hydrogens (primary N) is 1. The van der Waals surface area contributed by atoms with Crippen LogP contribution < -0.4 is 10.5 Å². The van der Waals surface area contributed by atoms with Gasteiger partial charge >= 0.3 is 0 Å². The zero-order chi connectivity index (χ0) is 13.2. The Hall–Kier alpha value is -1.16. The fourth-order valence-electron chi connectivity index (χ4n) is 2.84. The Morgan fingerprint density at radius 1 is 1.37 bits per heavy atom. The smallest absolute Gasteiger partial charge is 0.224 e. The summed E-state index contributed by atoms with van der Waals surface area (Å²) in [6.45, 7) is 0.728. The van der Waals surface area contributed by atoms with Crippen LogP contribution in [0.25, 0.3) is 0 Å². The summed E-state index contributed by atoms with van der Waals surface area (Å²) in [6.07, 6.45) is 8.50. The lowest BCUT2D eigenvalue weighted by atomic mass is 9.83. The predicted octanol–water partition coefficient (Wildman–Crippen LogP) is 2.77. The number of hydrogen-bond acceptors (Lipinski definition) is 3. The zero-order valence-corrected chi connectivity index (χ0v) is 12.0. The average molecular weight is 276 g/mol. The van der Waals surface area contributed by atoms with E-state index in [0.29, 0.717) is 10.9 Å². The maximum absolute atomic E-state index is 5.85. The minimum Gasteiger partial charge on any atom is -0.477 e. The Balaban J connectivity index is 1.72. The highest BCUT2D eigenvalue weighted by Crippen LogP contribution is 2.30. The van der Waals surface area contributed by atoms with E-state index < -0.39 is 0 Å². The summed E-state index contributed by atoms with van der Waals surface area (Å²) < 4.78 is 5.85. The van der Waals surface area contributed by atoms with Crippen molar-refractivity contribution in [2.24, 2.45) is 11.7 Å². The lowest BCUT2D eigenvalue weighted by Crippen LogP contribution is -2.17. The molecule has 0 spiro atoms. The van der Waals surface area contributed by atoms with Gasteiger partial charge in [0.1, 0.15) is 4.99 Å². The Bertz CT molecular complexity index is 497. The molecule has 19 heavy (non-hydrogen) atoms. The first-order valence-electron chi connectivity index (χ1n) is 7.19. The van der Waals surface area contributed by atoms with Gasteiger partial charge in [0, 0.05) is 5.69 Å². The summed E-state index contributed by atoms with van der Waals surface area (Å²) >= 11 is 5.11. The summed E-state index contributed by atoms with van der Waals surface area (Å²) in [6, 6.07) is 2.08. The van der Waals surface area contributed by atoms with Gasteiger partial charge in [0.05, 0.1) is 12.2 Å². The van der Waals surface area contributed by atoms with E-state index in [2.05, 4.69) is 11.1 Å². The Morgan fingerprint density at radius 2 is 2.21 bits per heavy atom. The number of pyridine rings is 1. The largest absolute Gasteiger partial charge is 0.477 e. The third-order valence-electron chi connectivity index (χ3n) is 4.27. The highest BCUT2D eigenvalue weighted by molar-refractivity contribution is 7.80. The quantitative estimate of drug-likeness (QED) is 0.840. The number of hydrogen-bond donors (Lipinski definition) is 1. The predicted molar refractivity (Wildman–Crippen MR) is 79.6 cm³/mol. The molecule has 4 heteroatoms. The molecule has 0 unspecified atom stereocenters. The summed E-state index contributed by atoms with van der Waals surface area (Å²) in [5.74, 6) is 1.50. The Morgan fingerprint density at radius 3 is 2.89 bits per heavy atom. The van der Waals surface area contributed by atoms with Crippen molar-refractivity contribution in [3.63, 3.8) is 0 Å². The van der Waals surface area contributed by atoms with E-state index in [4.69, 9.17) is 22.7 Å². The number of fused-ring (bicyclic) bond motifs is 1. The average Bonchev–Trinajstić information content (AvgIpc) is 2.78. The molecular formula is C15H20N2OS. The van der Waals surface area contributed by atoms with Gasteiger partial charge in [-0.2, -0.15) is 0 Å². The second kappa shape index (κ2) is 5.45. The van der Waals surface area contributed by atoms with Crippen LogP contribution in [0.5, 0.6) is 5.88 Å². The van der Waals surface area contributed by atoms with Crippen LogP contribution in [0, 0.1) is 5.92 Å². The number of aromatic nitrogens is 1. The minimum atomic E-state index is 0.390. The highest BCUT2D eigenvalue weighted by atomic mass is 32.1. The summed E-state index contributed by atoms with van der Waals surface area (Å²) in [5.41, 5.74) is 9.05. The Kier molecular flexibility index (Phi) is 3.69. The van der Waals surface area contributed by atoms with Crippen molar-refractivity contribution in [2.75, 3.05) is 6.61 Å². The summed E-state index contributed by atoms with van der Waals surface area (Å²) in [7, 11) is 0. The van der Waals surface area contributed by atoms with Crippen molar-refractivity contribution < 1.29 is 4.74 Å². The minimum absolute atomic E-state index is 0.390. The Labute approximate surface area is 119 Å². The molecule has 2 aliphatic rings. The van der Waals surface area contributed by atoms with Gasteiger partial charge in [0.25, 0.3) is 0 Å². The molecule has 102 valence electrons. The van der Waals surface area contributed by atoms with Crippen molar-refractivity contribution in [3.8, 4) is 5.88 Å². The van der Waals surface area contributed by atoms with Gasteiger partial charge in [-0.25, -0.2) is 4.98 Å². The maximum Gasteiger partial charge on any atom is 0.224 e. The van der Waals surface area contributed by atoms with Crippen molar-refractivity contribution in [1.82, 2.24) is 4.98 Å². The van der Waals surface area contributed by atoms with Gasteiger partial charge in [-0.05, 0) is 43.2 Å². The van der Waals surface area contributed by atoms with E-state index in [1.807, 2.05) is 0 Å². The van der Waals surface area contributed by atoms with E-state index in [-0.39, 0.29) is 0 Å². The molecular weight excluding hydrogens is 256 g/mol. The SMILES string of the molecule is NC(=S)c1cc2c(nc1OCCC1CCC1)CCC2. The monoisotopic (exact) mass is 276 g/mol. The third-order valence-corrected chi connectivity index (χ3v) is 4.49. The first-order chi connectivity index (χ1) is 9.24. The maximum atomic E-state index is 5.85. The number of thiocarbonyl (C=S) groups is 1. The van der Waals surface area contributed by atoms with Gasteiger partial charge in [0.15, 0.2) is 0 Å². The molecule has 0 radical (unpaired) electrons. The normalized spacial score (nSPS) is 17.9. The molecule has 0 atom stereocenters. The lowest BCUT2D eigenvalue weighted by molar-refractivity contribution is 0.217. The zero-order valence-electron chi connectivity index (χ0n) is 11.2. The molecule has 0 aliphatic heterocycles. The third kappa shape index (κ3) is 2.73. The standard InChI is InChI=1S/C15H20N2OS/c16-14(19)12-9-11-5-2-6-13(11)17-15(12)18-8-7-10-3-1-4-10/h9-10H,1-8H2,(H2,16,19). The molecule has 0 bridgehead atoms. The van der Waals surface area contributed by atoms with E-state index in [0.717, 1.165) is 37.4 Å². The van der Waals surface area contributed by atoms with E-state index in [1.54, 1.807) is 0 Å². The van der Waals surface area contributed by atoms with Crippen molar-refractivity contribution >= 4 is 17.2 Å². The molecule has 1 saturated carbocycles. The van der Waals surface area contributed by atoms with Crippen molar-refractivity contribution in [1.29, 1.82) is 0 Å². The second-order valence-electron chi connectivity index (χ2n) is 5.60. The van der Waals surface area contributed by atoms with E-state index in [1.165, 1.54) is 36.9 Å². The van der Waals surface area contributed by atoms with Crippen LogP contribution in [-0.2, 0) is 12.8 Å². The van der Waals surface area contributed by atoms with Crippen LogP contribution in [0.2, 0.25) is 0 Å². The fourth-order valence-corrected chi connectivity index (χ4v) is 2.99. The fraction of sp³-hybridized carbons (Fsp3) is 0.600. The van der Waals surface area contributed by atoms with Gasteiger partial charge in [0.2, 0.25) is 5.88 Å². The van der Waals surface area contributed by atoms with Crippen LogP contribution >= 0.6 is 12.2 Å². The van der Waals surface area contributed by atoms with Crippen molar-refractivity contribution in [3.05, 3.63) is 22.9 Å². The molecule has 2 N–H and O–H groups in total. The summed E-state index contributed by atoms with van der Waals surface area (Å²) in [5, 5.41) is 0. The van der Waals surface area contributed by atoms with Crippen LogP contribution in [0.3, 0.4) is 0 Å². The van der Waals surface area contributed by atoms with Crippen molar-refractivity contribution in [2.45, 2.75) is 44.9 Å². The van der Waals surface area contributed by atoms with Gasteiger partial charge < -0.3 is 10.5 Å². The molecule has 0 saturated heterocycles. The second-order valence-corrected chi connectivity index (χ2v) is 6.04. The number of ether oxygens (including phenoxy) is 1. The highest BCUT2D eigenvalue weighted by Gasteiger charge is 2.20. The first kappa shape index (κ1) is 12.9. The van der Waals surface area contributed by atoms with Crippen LogP contribution in [0.15, 0.2) is 6.07 Å². The summed E-state index contributed by atoms with van der Waals surface area (Å²) in [4.78, 5) is 5.02. The van der Waals surface area contributed by atoms with Gasteiger partial charge in [-0.1, -0.05) is 31.5 Å². The number of nitrogens with zero attached hydrogens (tertiary/aromatic N) is 1. The first-order valence-corrected chi connectivity index (χ1v) is 7.60. The van der Waals surface area contributed by atoms with Crippen LogP contribution in [-0.4, -0.2) is 16.6 Å². The molecule has 2 aliphatic carbocycles. The van der Waals surface area contributed by atoms with Crippen LogP contribution in [0.1, 0.15) is 48.9 Å². The molecule has 1 fully saturated rings. The van der Waals surface area contributed by atoms with E-state index in [9.17, 15) is 0 Å². The molecule has 1 heterocycles. The molecule has 0 aromatic carbocycles. The van der Waals surface area contributed by atoms with E-state index >= 15 is 0 Å². The van der Waals surface area contributed by atoms with Gasteiger partial charge in [-0.3, -0.25) is 0 Å². The molecule has 1 aromatic heterocycles. The topological polar surface area (TPSA) is 48.1 Å². The number of rotatable bonds is 5. The molecule has 3 nitrogen and oxygen atoms in total.